The Labute approximate surface area is 79.9 Å². The van der Waals surface area contributed by atoms with Crippen LogP contribution in [0.25, 0.3) is 0 Å². The third-order valence-corrected chi connectivity index (χ3v) is 1.57. The van der Waals surface area contributed by atoms with Crippen molar-refractivity contribution in [1.29, 1.82) is 0 Å². The first-order valence-corrected chi connectivity index (χ1v) is 4.03. The summed E-state index contributed by atoms with van der Waals surface area (Å²) in [4.78, 5) is 10.5. The van der Waals surface area contributed by atoms with Gasteiger partial charge in [-0.2, -0.15) is 13.2 Å². The maximum absolute atomic E-state index is 11.6. The number of rotatable bonds is 5. The van der Waals surface area contributed by atoms with Gasteiger partial charge in [-0.05, 0) is 13.8 Å². The molecule has 0 rings (SSSR count). The van der Waals surface area contributed by atoms with E-state index in [9.17, 15) is 18.0 Å². The fourth-order valence-corrected chi connectivity index (χ4v) is 0.577. The summed E-state index contributed by atoms with van der Waals surface area (Å²) in [5.74, 6) is -1.09. The molecule has 0 aromatic heterocycles. The molecule has 0 aliphatic rings. The molecule has 0 amide bonds. The van der Waals surface area contributed by atoms with E-state index >= 15 is 0 Å². The predicted octanol–water partition coefficient (Wildman–Crippen LogP) is 2.07. The van der Waals surface area contributed by atoms with E-state index in [0.29, 0.717) is 0 Å². The summed E-state index contributed by atoms with van der Waals surface area (Å²) in [5.41, 5.74) is -1.15. The van der Waals surface area contributed by atoms with Crippen LogP contribution in [0.5, 0.6) is 0 Å². The van der Waals surface area contributed by atoms with E-state index in [4.69, 9.17) is 5.11 Å². The van der Waals surface area contributed by atoms with Gasteiger partial charge in [-0.1, -0.05) is 0 Å². The molecule has 6 heteroatoms. The lowest BCUT2D eigenvalue weighted by Gasteiger charge is -2.18. The summed E-state index contributed by atoms with van der Waals surface area (Å²) < 4.78 is 39.5. The standard InChI is InChI=1S/C8H13F3O3/c1-7(2,6(12)13)5-14-4-3-8(9,10)11/h3-5H2,1-2H3,(H,12,13). The van der Waals surface area contributed by atoms with Gasteiger partial charge in [0.1, 0.15) is 0 Å². The van der Waals surface area contributed by atoms with Crippen molar-refractivity contribution in [3.63, 3.8) is 0 Å². The third kappa shape index (κ3) is 5.80. The average Bonchev–Trinajstić information content (AvgIpc) is 1.96. The lowest BCUT2D eigenvalue weighted by Crippen LogP contribution is -2.29. The number of alkyl halides is 3. The minimum atomic E-state index is -4.26. The van der Waals surface area contributed by atoms with Crippen molar-refractivity contribution in [3.8, 4) is 0 Å². The fourth-order valence-electron chi connectivity index (χ4n) is 0.577. The van der Waals surface area contributed by atoms with Crippen LogP contribution in [-0.2, 0) is 9.53 Å². The van der Waals surface area contributed by atoms with E-state index in [0.717, 1.165) is 0 Å². The molecule has 0 bridgehead atoms. The van der Waals surface area contributed by atoms with Crippen LogP contribution in [0.4, 0.5) is 13.2 Å². The minimum absolute atomic E-state index is 0.224. The Balaban J connectivity index is 3.70. The highest BCUT2D eigenvalue weighted by Gasteiger charge is 2.29. The van der Waals surface area contributed by atoms with E-state index in [2.05, 4.69) is 4.74 Å². The highest BCUT2D eigenvalue weighted by molar-refractivity contribution is 5.73. The molecule has 0 atom stereocenters. The van der Waals surface area contributed by atoms with Gasteiger partial charge in [0.25, 0.3) is 0 Å². The number of ether oxygens (including phenoxy) is 1. The van der Waals surface area contributed by atoms with Crippen molar-refractivity contribution >= 4 is 5.97 Å². The van der Waals surface area contributed by atoms with Crippen molar-refractivity contribution in [2.24, 2.45) is 5.41 Å². The second-order valence-corrected chi connectivity index (χ2v) is 3.61. The van der Waals surface area contributed by atoms with Gasteiger partial charge in [0.05, 0.1) is 25.0 Å². The van der Waals surface area contributed by atoms with Gasteiger partial charge in [-0.3, -0.25) is 4.79 Å². The van der Waals surface area contributed by atoms with Crippen molar-refractivity contribution < 1.29 is 27.8 Å². The SMILES string of the molecule is CC(C)(COCCC(F)(F)F)C(=O)O. The molecule has 0 aromatic carbocycles. The Hall–Kier alpha value is -0.780. The summed E-state index contributed by atoms with van der Waals surface area (Å²) >= 11 is 0. The van der Waals surface area contributed by atoms with E-state index in [1.807, 2.05) is 0 Å². The van der Waals surface area contributed by atoms with Gasteiger partial charge < -0.3 is 9.84 Å². The van der Waals surface area contributed by atoms with Crippen LogP contribution in [0.15, 0.2) is 0 Å². The van der Waals surface area contributed by atoms with Gasteiger partial charge >= 0.3 is 12.1 Å². The topological polar surface area (TPSA) is 46.5 Å². The zero-order valence-electron chi connectivity index (χ0n) is 8.02. The highest BCUT2D eigenvalue weighted by Crippen LogP contribution is 2.20. The number of carboxylic acids is 1. The molecule has 0 heterocycles. The molecule has 0 fully saturated rings. The molecule has 84 valence electrons. The Morgan fingerprint density at radius 2 is 1.86 bits per heavy atom. The number of halogens is 3. The first-order chi connectivity index (χ1) is 6.15. The number of carbonyl (C=O) groups is 1. The molecule has 14 heavy (non-hydrogen) atoms. The number of carboxylic acid groups (broad SMARTS) is 1. The molecule has 0 aromatic rings. The van der Waals surface area contributed by atoms with Crippen LogP contribution in [-0.4, -0.2) is 30.5 Å². The molecule has 0 saturated heterocycles. The molecular formula is C8H13F3O3. The minimum Gasteiger partial charge on any atom is -0.481 e. The van der Waals surface area contributed by atoms with Crippen LogP contribution in [0, 0.1) is 5.41 Å². The van der Waals surface area contributed by atoms with E-state index in [-0.39, 0.29) is 6.61 Å². The number of hydrogen-bond acceptors (Lipinski definition) is 2. The van der Waals surface area contributed by atoms with E-state index < -0.39 is 30.6 Å². The Morgan fingerprint density at radius 3 is 2.21 bits per heavy atom. The lowest BCUT2D eigenvalue weighted by atomic mass is 9.95. The van der Waals surface area contributed by atoms with Gasteiger partial charge in [0.2, 0.25) is 0 Å². The van der Waals surface area contributed by atoms with Crippen LogP contribution < -0.4 is 0 Å². The van der Waals surface area contributed by atoms with Crippen LogP contribution in [0.3, 0.4) is 0 Å². The summed E-state index contributed by atoms with van der Waals surface area (Å²) in [6, 6.07) is 0. The van der Waals surface area contributed by atoms with Gasteiger partial charge in [-0.15, -0.1) is 0 Å². The Kier molecular flexibility index (Phi) is 4.38. The summed E-state index contributed by atoms with van der Waals surface area (Å²) in [7, 11) is 0. The lowest BCUT2D eigenvalue weighted by molar-refractivity contribution is -0.156. The van der Waals surface area contributed by atoms with Crippen molar-refractivity contribution in [2.45, 2.75) is 26.4 Å². The maximum atomic E-state index is 11.6. The Morgan fingerprint density at radius 1 is 1.36 bits per heavy atom. The third-order valence-electron chi connectivity index (χ3n) is 1.57. The van der Waals surface area contributed by atoms with Gasteiger partial charge in [0, 0.05) is 0 Å². The van der Waals surface area contributed by atoms with Crippen molar-refractivity contribution in [1.82, 2.24) is 0 Å². The molecule has 0 aliphatic heterocycles. The maximum Gasteiger partial charge on any atom is 0.391 e. The van der Waals surface area contributed by atoms with E-state index in [1.165, 1.54) is 13.8 Å². The van der Waals surface area contributed by atoms with Gasteiger partial charge in [-0.25, -0.2) is 0 Å². The summed E-state index contributed by atoms with van der Waals surface area (Å²) in [6.07, 6.45) is -5.31. The van der Waals surface area contributed by atoms with E-state index in [1.54, 1.807) is 0 Å². The summed E-state index contributed by atoms with van der Waals surface area (Å²) in [5, 5.41) is 8.60. The van der Waals surface area contributed by atoms with Gasteiger partial charge in [0.15, 0.2) is 0 Å². The molecule has 3 nitrogen and oxygen atoms in total. The molecular weight excluding hydrogens is 201 g/mol. The molecule has 0 spiro atoms. The van der Waals surface area contributed by atoms with Crippen molar-refractivity contribution in [3.05, 3.63) is 0 Å². The summed E-state index contributed by atoms with van der Waals surface area (Å²) in [6.45, 7) is 2.06. The van der Waals surface area contributed by atoms with Crippen molar-refractivity contribution in [2.75, 3.05) is 13.2 Å². The molecule has 1 N–H and O–H groups in total. The predicted molar refractivity (Wildman–Crippen MR) is 42.9 cm³/mol. The first-order valence-electron chi connectivity index (χ1n) is 4.03. The largest absolute Gasteiger partial charge is 0.481 e. The smallest absolute Gasteiger partial charge is 0.391 e. The zero-order chi connectivity index (χ0) is 11.4. The molecule has 0 unspecified atom stereocenters. The molecule has 0 radical (unpaired) electrons. The normalized spacial score (nSPS) is 12.9. The first kappa shape index (κ1) is 13.2. The molecule has 0 aliphatic carbocycles. The molecule has 0 saturated carbocycles. The fraction of sp³-hybridized carbons (Fsp3) is 0.875. The number of hydrogen-bond donors (Lipinski definition) is 1. The zero-order valence-corrected chi connectivity index (χ0v) is 8.02. The number of aliphatic carboxylic acids is 1. The van der Waals surface area contributed by atoms with Crippen LogP contribution in [0.2, 0.25) is 0 Å². The second kappa shape index (κ2) is 4.63. The highest BCUT2D eigenvalue weighted by atomic mass is 19.4. The van der Waals surface area contributed by atoms with Crippen LogP contribution >= 0.6 is 0 Å². The average molecular weight is 214 g/mol. The quantitative estimate of drug-likeness (QED) is 0.712. The van der Waals surface area contributed by atoms with Crippen LogP contribution in [0.1, 0.15) is 20.3 Å². The Bertz CT molecular complexity index is 198. The second-order valence-electron chi connectivity index (χ2n) is 3.61. The monoisotopic (exact) mass is 214 g/mol.